The number of ether oxygens (including phenoxy) is 1. The van der Waals surface area contributed by atoms with Crippen LogP contribution >= 0.6 is 0 Å². The van der Waals surface area contributed by atoms with E-state index in [2.05, 4.69) is 5.32 Å². The van der Waals surface area contributed by atoms with E-state index in [1.165, 1.54) is 0 Å². The molecule has 4 N–H and O–H groups in total. The molecule has 0 aromatic heterocycles. The predicted octanol–water partition coefficient (Wildman–Crippen LogP) is 4.73. The summed E-state index contributed by atoms with van der Waals surface area (Å²) in [6.45, 7) is 0.0222. The number of fused-ring (bicyclic) bond motifs is 3. The average Bonchev–Trinajstić information content (AvgIpc) is 3.15. The highest BCUT2D eigenvalue weighted by Gasteiger charge is 2.33. The fraction of sp³-hybridized carbons (Fsp3) is 0.269. The summed E-state index contributed by atoms with van der Waals surface area (Å²) in [5, 5.41) is 32.4. The zero-order chi connectivity index (χ0) is 25.2. The lowest BCUT2D eigenvalue weighted by Crippen LogP contribution is -2.30. The van der Waals surface area contributed by atoms with Gasteiger partial charge >= 0.3 is 12.3 Å². The van der Waals surface area contributed by atoms with Gasteiger partial charge in [-0.2, -0.15) is 13.2 Å². The summed E-state index contributed by atoms with van der Waals surface area (Å²) in [6.07, 6.45) is -8.75. The summed E-state index contributed by atoms with van der Waals surface area (Å²) < 4.78 is 44.2. The molecule has 2 unspecified atom stereocenters. The molecule has 0 radical (unpaired) electrons. The molecule has 1 aliphatic carbocycles. The number of aliphatic hydroxyl groups is 2. The molecule has 35 heavy (non-hydrogen) atoms. The van der Waals surface area contributed by atoms with Crippen molar-refractivity contribution in [1.82, 2.24) is 5.32 Å². The lowest BCUT2D eigenvalue weighted by molar-refractivity contribution is -0.137. The van der Waals surface area contributed by atoms with Crippen LogP contribution < -0.4 is 5.32 Å². The minimum Gasteiger partial charge on any atom is -0.508 e. The third-order valence-corrected chi connectivity index (χ3v) is 6.03. The summed E-state index contributed by atoms with van der Waals surface area (Å²) in [7, 11) is 0. The molecular weight excluding hydrogens is 463 g/mol. The summed E-state index contributed by atoms with van der Waals surface area (Å²) in [5.41, 5.74) is 2.87. The number of phenolic OH excluding ortho intramolecular Hbond substituents is 1. The molecule has 2 atom stereocenters. The van der Waals surface area contributed by atoms with Gasteiger partial charge in [0, 0.05) is 12.5 Å². The van der Waals surface area contributed by atoms with Crippen molar-refractivity contribution in [1.29, 1.82) is 0 Å². The molecule has 0 heterocycles. The number of aliphatic hydroxyl groups excluding tert-OH is 2. The number of nitrogens with one attached hydrogen (secondary N) is 1. The SMILES string of the molecule is O=C(NCCC(O)C(O)c1cc(O)cc(C(F)(F)F)c1)OCC1c2ccccc2-c2ccccc21. The minimum absolute atomic E-state index is 0.0835. The molecule has 0 saturated carbocycles. The monoisotopic (exact) mass is 487 g/mol. The third-order valence-electron chi connectivity index (χ3n) is 6.03. The number of phenols is 1. The fourth-order valence-electron chi connectivity index (χ4n) is 4.32. The van der Waals surface area contributed by atoms with Crippen molar-refractivity contribution in [3.8, 4) is 16.9 Å². The number of aromatic hydroxyl groups is 1. The number of rotatable bonds is 7. The highest BCUT2D eigenvalue weighted by molar-refractivity contribution is 5.79. The number of carbonyl (C=O) groups is 1. The largest absolute Gasteiger partial charge is 0.508 e. The van der Waals surface area contributed by atoms with Crippen LogP contribution in [0.4, 0.5) is 18.0 Å². The number of amides is 1. The average molecular weight is 487 g/mol. The topological polar surface area (TPSA) is 99.0 Å². The molecule has 0 fully saturated rings. The van der Waals surface area contributed by atoms with Crippen molar-refractivity contribution in [2.24, 2.45) is 0 Å². The Hall–Kier alpha value is -3.56. The van der Waals surface area contributed by atoms with Gasteiger partial charge in [-0.25, -0.2) is 4.79 Å². The van der Waals surface area contributed by atoms with Crippen LogP contribution in [0.5, 0.6) is 5.75 Å². The number of halogens is 3. The van der Waals surface area contributed by atoms with E-state index < -0.39 is 35.8 Å². The Balaban J connectivity index is 1.30. The van der Waals surface area contributed by atoms with E-state index in [-0.39, 0.29) is 31.1 Å². The Kier molecular flexibility index (Phi) is 7.00. The molecule has 0 spiro atoms. The van der Waals surface area contributed by atoms with Gasteiger partial charge in [-0.05, 0) is 52.4 Å². The van der Waals surface area contributed by atoms with Crippen molar-refractivity contribution < 1.29 is 38.0 Å². The predicted molar refractivity (Wildman–Crippen MR) is 122 cm³/mol. The Morgan fingerprint density at radius 3 is 2.17 bits per heavy atom. The molecule has 1 aliphatic rings. The number of alkyl carbamates (subject to hydrolysis) is 1. The fourth-order valence-corrected chi connectivity index (χ4v) is 4.32. The second-order valence-corrected chi connectivity index (χ2v) is 8.36. The van der Waals surface area contributed by atoms with E-state index in [0.29, 0.717) is 12.1 Å². The van der Waals surface area contributed by atoms with Crippen molar-refractivity contribution in [3.63, 3.8) is 0 Å². The zero-order valence-corrected chi connectivity index (χ0v) is 18.5. The van der Waals surface area contributed by atoms with Gasteiger partial charge < -0.3 is 25.4 Å². The minimum atomic E-state index is -4.72. The number of hydrogen-bond donors (Lipinski definition) is 4. The highest BCUT2D eigenvalue weighted by Crippen LogP contribution is 2.44. The van der Waals surface area contributed by atoms with Crippen molar-refractivity contribution >= 4 is 6.09 Å². The highest BCUT2D eigenvalue weighted by atomic mass is 19.4. The van der Waals surface area contributed by atoms with Gasteiger partial charge in [-0.3, -0.25) is 0 Å². The third kappa shape index (κ3) is 5.41. The van der Waals surface area contributed by atoms with E-state index in [1.54, 1.807) is 0 Å². The maximum atomic E-state index is 12.9. The van der Waals surface area contributed by atoms with Gasteiger partial charge in [0.1, 0.15) is 18.5 Å². The number of alkyl halides is 3. The van der Waals surface area contributed by atoms with Crippen molar-refractivity contribution in [2.45, 2.75) is 30.7 Å². The molecular formula is C26H24F3NO5. The smallest absolute Gasteiger partial charge is 0.416 e. The molecule has 0 bridgehead atoms. The van der Waals surface area contributed by atoms with Gasteiger partial charge in [0.15, 0.2) is 0 Å². The second kappa shape index (κ2) is 9.97. The number of benzene rings is 3. The lowest BCUT2D eigenvalue weighted by atomic mass is 9.98. The maximum absolute atomic E-state index is 12.9. The first-order valence-electron chi connectivity index (χ1n) is 11.0. The van der Waals surface area contributed by atoms with E-state index in [4.69, 9.17) is 4.74 Å². The zero-order valence-electron chi connectivity index (χ0n) is 18.5. The van der Waals surface area contributed by atoms with Crippen LogP contribution in [-0.4, -0.2) is 40.7 Å². The molecule has 4 rings (SSSR count). The van der Waals surface area contributed by atoms with Crippen LogP contribution in [0.2, 0.25) is 0 Å². The van der Waals surface area contributed by atoms with Crippen LogP contribution in [0.15, 0.2) is 66.7 Å². The second-order valence-electron chi connectivity index (χ2n) is 8.36. The number of carbonyl (C=O) groups excluding carboxylic acids is 1. The summed E-state index contributed by atoms with van der Waals surface area (Å²) in [6, 6.07) is 17.9. The van der Waals surface area contributed by atoms with Gasteiger partial charge in [-0.1, -0.05) is 48.5 Å². The molecule has 3 aromatic rings. The Labute approximate surface area is 199 Å². The molecule has 1 amide bonds. The first-order chi connectivity index (χ1) is 16.6. The first-order valence-corrected chi connectivity index (χ1v) is 11.0. The van der Waals surface area contributed by atoms with E-state index in [9.17, 15) is 33.3 Å². The van der Waals surface area contributed by atoms with Crippen LogP contribution in [0.3, 0.4) is 0 Å². The Morgan fingerprint density at radius 1 is 0.971 bits per heavy atom. The van der Waals surface area contributed by atoms with E-state index in [0.717, 1.165) is 28.3 Å². The summed E-state index contributed by atoms with van der Waals surface area (Å²) >= 11 is 0. The van der Waals surface area contributed by atoms with Crippen LogP contribution in [0.1, 0.15) is 40.7 Å². The molecule has 184 valence electrons. The van der Waals surface area contributed by atoms with Crippen molar-refractivity contribution in [3.05, 3.63) is 89.0 Å². The molecule has 0 aliphatic heterocycles. The maximum Gasteiger partial charge on any atom is 0.416 e. The molecule has 6 nitrogen and oxygen atoms in total. The van der Waals surface area contributed by atoms with Gasteiger partial charge in [0.25, 0.3) is 0 Å². The lowest BCUT2D eigenvalue weighted by Gasteiger charge is -2.20. The molecule has 9 heteroatoms. The van der Waals surface area contributed by atoms with Gasteiger partial charge in [-0.15, -0.1) is 0 Å². The Morgan fingerprint density at radius 2 is 1.57 bits per heavy atom. The first kappa shape index (κ1) is 24.6. The van der Waals surface area contributed by atoms with Crippen molar-refractivity contribution in [2.75, 3.05) is 13.2 Å². The summed E-state index contributed by atoms with van der Waals surface area (Å²) in [4.78, 5) is 12.2. The Bertz CT molecular complexity index is 1170. The van der Waals surface area contributed by atoms with Crippen LogP contribution in [0, 0.1) is 0 Å². The quantitative estimate of drug-likeness (QED) is 0.386. The standard InChI is InChI=1S/C26H24F3NO5/c27-26(28,29)16-11-15(12-17(31)13-16)24(33)23(32)9-10-30-25(34)35-14-22-20-7-3-1-5-18(20)19-6-2-4-8-21(19)22/h1-8,11-13,22-24,31-33H,9-10,14H2,(H,30,34). The van der Waals surface area contributed by atoms with E-state index >= 15 is 0 Å². The molecule has 3 aromatic carbocycles. The van der Waals surface area contributed by atoms with Gasteiger partial charge in [0.05, 0.1) is 11.7 Å². The number of hydrogen-bond acceptors (Lipinski definition) is 5. The van der Waals surface area contributed by atoms with Gasteiger partial charge in [0.2, 0.25) is 0 Å². The summed E-state index contributed by atoms with van der Waals surface area (Å²) in [5.74, 6) is -0.799. The van der Waals surface area contributed by atoms with Crippen LogP contribution in [0.25, 0.3) is 11.1 Å². The molecule has 0 saturated heterocycles. The van der Waals surface area contributed by atoms with Crippen LogP contribution in [-0.2, 0) is 10.9 Å². The van der Waals surface area contributed by atoms with E-state index in [1.807, 2.05) is 48.5 Å². The normalized spacial score (nSPS) is 14.7.